The molecule has 1 fully saturated rings. The van der Waals surface area contributed by atoms with Gasteiger partial charge >= 0.3 is 0 Å². The van der Waals surface area contributed by atoms with Gasteiger partial charge in [0.1, 0.15) is 5.69 Å². The van der Waals surface area contributed by atoms with Crippen molar-refractivity contribution in [1.29, 1.82) is 0 Å². The summed E-state index contributed by atoms with van der Waals surface area (Å²) in [5, 5.41) is 3.03. The highest BCUT2D eigenvalue weighted by Gasteiger charge is 2.28. The zero-order valence-corrected chi connectivity index (χ0v) is 17.7. The van der Waals surface area contributed by atoms with Crippen molar-refractivity contribution < 1.29 is 18.3 Å². The number of carbonyl (C=O) groups is 1. The van der Waals surface area contributed by atoms with Crippen LogP contribution in [0.3, 0.4) is 0 Å². The zero-order valence-electron chi connectivity index (χ0n) is 17.7. The smallest absolute Gasteiger partial charge is 0.268 e. The molecule has 3 rings (SSSR count). The summed E-state index contributed by atoms with van der Waals surface area (Å²) in [7, 11) is 0. The van der Waals surface area contributed by atoms with Crippen molar-refractivity contribution >= 4 is 11.6 Å². The lowest BCUT2D eigenvalue weighted by molar-refractivity contribution is 0.0909. The maximum atomic E-state index is 13.8. The van der Waals surface area contributed by atoms with Crippen LogP contribution in [0.15, 0.2) is 18.2 Å². The number of morpholine rings is 1. The Morgan fingerprint density at radius 3 is 2.38 bits per heavy atom. The van der Waals surface area contributed by atoms with Crippen LogP contribution in [-0.2, 0) is 11.3 Å². The number of nitrogens with one attached hydrogen (secondary N) is 1. The van der Waals surface area contributed by atoms with E-state index in [1.54, 1.807) is 6.07 Å². The van der Waals surface area contributed by atoms with Crippen LogP contribution in [0.2, 0.25) is 0 Å². The van der Waals surface area contributed by atoms with E-state index in [4.69, 9.17) is 4.74 Å². The summed E-state index contributed by atoms with van der Waals surface area (Å²) in [6.07, 6.45) is 0. The third kappa shape index (κ3) is 4.61. The summed E-state index contributed by atoms with van der Waals surface area (Å²) >= 11 is 0. The monoisotopic (exact) mass is 405 g/mol. The summed E-state index contributed by atoms with van der Waals surface area (Å²) in [4.78, 5) is 15.4. The predicted octanol–water partition coefficient (Wildman–Crippen LogP) is 3.80. The van der Waals surface area contributed by atoms with Gasteiger partial charge in [0.15, 0.2) is 11.6 Å². The maximum absolute atomic E-state index is 13.8. The minimum atomic E-state index is -0.891. The second-order valence-electron chi connectivity index (χ2n) is 8.55. The van der Waals surface area contributed by atoms with Crippen molar-refractivity contribution in [1.82, 2.24) is 9.88 Å². The quantitative estimate of drug-likeness (QED) is 0.842. The van der Waals surface area contributed by atoms with Gasteiger partial charge in [-0.3, -0.25) is 4.79 Å². The molecule has 0 aliphatic carbocycles. The summed E-state index contributed by atoms with van der Waals surface area (Å²) in [6.45, 7) is 12.7. The first-order valence-electron chi connectivity index (χ1n) is 9.87. The molecule has 0 spiro atoms. The van der Waals surface area contributed by atoms with Gasteiger partial charge < -0.3 is 19.5 Å². The van der Waals surface area contributed by atoms with Gasteiger partial charge in [-0.05, 0) is 52.3 Å². The molecule has 0 radical (unpaired) electrons. The van der Waals surface area contributed by atoms with Crippen LogP contribution in [0.25, 0.3) is 0 Å². The van der Waals surface area contributed by atoms with E-state index in [9.17, 15) is 13.6 Å². The topological polar surface area (TPSA) is 46.5 Å². The highest BCUT2D eigenvalue weighted by Crippen LogP contribution is 2.32. The van der Waals surface area contributed by atoms with Crippen LogP contribution >= 0.6 is 0 Å². The van der Waals surface area contributed by atoms with Crippen molar-refractivity contribution in [3.8, 4) is 0 Å². The number of nitrogens with zero attached hydrogens (tertiary/aromatic N) is 2. The number of rotatable bonds is 4. The lowest BCUT2D eigenvalue weighted by Gasteiger charge is -2.29. The lowest BCUT2D eigenvalue weighted by Crippen LogP contribution is -2.41. The Balaban J connectivity index is 2.08. The molecule has 2 aromatic rings. The summed E-state index contributed by atoms with van der Waals surface area (Å²) in [5.41, 5.74) is 3.56. The molecule has 1 aliphatic heterocycles. The number of aromatic nitrogens is 1. The van der Waals surface area contributed by atoms with Gasteiger partial charge in [-0.25, -0.2) is 8.78 Å². The first-order chi connectivity index (χ1) is 13.6. The van der Waals surface area contributed by atoms with Gasteiger partial charge in [0.25, 0.3) is 5.91 Å². The first kappa shape index (κ1) is 21.3. The van der Waals surface area contributed by atoms with Crippen LogP contribution in [0.4, 0.5) is 14.5 Å². The second kappa shape index (κ2) is 8.14. The van der Waals surface area contributed by atoms with Crippen molar-refractivity contribution in [3.63, 3.8) is 0 Å². The fraction of sp³-hybridized carbons (Fsp3) is 0.500. The van der Waals surface area contributed by atoms with Crippen LogP contribution in [0.1, 0.15) is 48.1 Å². The van der Waals surface area contributed by atoms with E-state index in [-0.39, 0.29) is 12.5 Å². The van der Waals surface area contributed by atoms with Gasteiger partial charge in [0.2, 0.25) is 0 Å². The molecule has 0 unspecified atom stereocenters. The van der Waals surface area contributed by atoms with Gasteiger partial charge in [-0.2, -0.15) is 0 Å². The minimum Gasteiger partial charge on any atom is -0.378 e. The van der Waals surface area contributed by atoms with Crippen molar-refractivity contribution in [2.45, 2.75) is 46.7 Å². The standard InChI is InChI=1S/C22H29F2N3O2/c1-14-19(26-8-10-29-11-9-26)15(2)27(20(14)21(28)25-22(3,4)5)13-16-6-7-17(23)18(24)12-16/h6-7,12H,8-11,13H2,1-5H3,(H,25,28). The number of anilines is 1. The molecular formula is C22H29F2N3O2. The molecule has 0 atom stereocenters. The highest BCUT2D eigenvalue weighted by molar-refractivity contribution is 5.97. The molecule has 1 aromatic carbocycles. The Morgan fingerprint density at radius 2 is 1.79 bits per heavy atom. The number of ether oxygens (including phenoxy) is 1. The van der Waals surface area contributed by atoms with Gasteiger partial charge in [-0.1, -0.05) is 6.07 Å². The number of halogens is 2. The van der Waals surface area contributed by atoms with Crippen molar-refractivity contribution in [2.24, 2.45) is 0 Å². The Morgan fingerprint density at radius 1 is 1.14 bits per heavy atom. The molecule has 1 amide bonds. The molecule has 0 saturated carbocycles. The van der Waals surface area contributed by atoms with Crippen LogP contribution in [0.5, 0.6) is 0 Å². The van der Waals surface area contributed by atoms with Gasteiger partial charge in [0, 0.05) is 36.4 Å². The van der Waals surface area contributed by atoms with E-state index in [0.717, 1.165) is 36.1 Å². The Kier molecular flexibility index (Phi) is 5.98. The molecule has 1 saturated heterocycles. The van der Waals surface area contributed by atoms with E-state index in [1.165, 1.54) is 6.07 Å². The Bertz CT molecular complexity index is 910. The Hall–Kier alpha value is -2.41. The van der Waals surface area contributed by atoms with E-state index >= 15 is 0 Å². The number of hydrogen-bond donors (Lipinski definition) is 1. The Labute approximate surface area is 170 Å². The van der Waals surface area contributed by atoms with Crippen LogP contribution in [-0.4, -0.2) is 42.3 Å². The zero-order chi connectivity index (χ0) is 21.3. The SMILES string of the molecule is Cc1c(N2CCOCC2)c(C)n(Cc2ccc(F)c(F)c2)c1C(=O)NC(C)(C)C. The molecule has 7 heteroatoms. The van der Waals surface area contributed by atoms with Crippen molar-refractivity contribution in [3.05, 3.63) is 52.3 Å². The van der Waals surface area contributed by atoms with E-state index < -0.39 is 17.2 Å². The first-order valence-corrected chi connectivity index (χ1v) is 9.87. The normalized spacial score (nSPS) is 14.9. The minimum absolute atomic E-state index is 0.180. The number of hydrogen-bond acceptors (Lipinski definition) is 3. The van der Waals surface area contributed by atoms with E-state index in [2.05, 4.69) is 10.2 Å². The molecule has 0 bridgehead atoms. The number of carbonyl (C=O) groups excluding carboxylic acids is 1. The lowest BCUT2D eigenvalue weighted by atomic mass is 10.1. The fourth-order valence-electron chi connectivity index (χ4n) is 3.85. The average molecular weight is 405 g/mol. The molecule has 2 heterocycles. The molecule has 1 N–H and O–H groups in total. The maximum Gasteiger partial charge on any atom is 0.268 e. The predicted molar refractivity (Wildman–Crippen MR) is 110 cm³/mol. The highest BCUT2D eigenvalue weighted by atomic mass is 19.2. The molecule has 5 nitrogen and oxygen atoms in total. The second-order valence-corrected chi connectivity index (χ2v) is 8.55. The number of benzene rings is 1. The average Bonchev–Trinajstić information content (AvgIpc) is 2.87. The third-order valence-corrected chi connectivity index (χ3v) is 5.08. The molecule has 29 heavy (non-hydrogen) atoms. The molecule has 1 aromatic heterocycles. The summed E-state index contributed by atoms with van der Waals surface area (Å²) < 4.78 is 34.5. The van der Waals surface area contributed by atoms with E-state index in [0.29, 0.717) is 24.5 Å². The van der Waals surface area contributed by atoms with E-state index in [1.807, 2.05) is 39.2 Å². The van der Waals surface area contributed by atoms with Gasteiger partial charge in [-0.15, -0.1) is 0 Å². The fourth-order valence-corrected chi connectivity index (χ4v) is 3.85. The summed E-state index contributed by atoms with van der Waals surface area (Å²) in [5.74, 6) is -1.95. The largest absolute Gasteiger partial charge is 0.378 e. The molecule has 158 valence electrons. The number of amides is 1. The third-order valence-electron chi connectivity index (χ3n) is 5.08. The van der Waals surface area contributed by atoms with Crippen LogP contribution in [0, 0.1) is 25.5 Å². The van der Waals surface area contributed by atoms with Gasteiger partial charge in [0.05, 0.1) is 18.9 Å². The summed E-state index contributed by atoms with van der Waals surface area (Å²) in [6, 6.07) is 3.85. The molecule has 1 aliphatic rings. The van der Waals surface area contributed by atoms with Crippen molar-refractivity contribution in [2.75, 3.05) is 31.2 Å². The molecular weight excluding hydrogens is 376 g/mol. The van der Waals surface area contributed by atoms with Crippen LogP contribution < -0.4 is 10.2 Å².